The van der Waals surface area contributed by atoms with Crippen LogP contribution in [0.5, 0.6) is 0 Å². The van der Waals surface area contributed by atoms with Crippen molar-refractivity contribution < 1.29 is 12.8 Å². The van der Waals surface area contributed by atoms with E-state index in [-0.39, 0.29) is 30.8 Å². The first-order valence-electron chi connectivity index (χ1n) is 5.40. The van der Waals surface area contributed by atoms with Crippen molar-refractivity contribution in [2.24, 2.45) is 0 Å². The molecule has 1 aliphatic heterocycles. The van der Waals surface area contributed by atoms with Crippen LogP contribution in [0.4, 0.5) is 4.39 Å². The van der Waals surface area contributed by atoms with Crippen LogP contribution < -0.4 is 0 Å². The van der Waals surface area contributed by atoms with Crippen molar-refractivity contribution in [2.75, 3.05) is 13.1 Å². The van der Waals surface area contributed by atoms with E-state index >= 15 is 0 Å². The summed E-state index contributed by atoms with van der Waals surface area (Å²) in [4.78, 5) is 0.254. The number of sulfonamides is 1. The summed E-state index contributed by atoms with van der Waals surface area (Å²) in [6.07, 6.45) is -0.301. The summed E-state index contributed by atoms with van der Waals surface area (Å²) in [5, 5.41) is 0. The maximum atomic E-state index is 13.0. The lowest BCUT2D eigenvalue weighted by atomic mass is 10.1. The number of alkyl halides is 1. The van der Waals surface area contributed by atoms with Crippen molar-refractivity contribution in [1.82, 2.24) is 4.31 Å². The number of halogens is 2. The molecule has 0 spiro atoms. The number of rotatable bonds is 2. The van der Waals surface area contributed by atoms with Crippen LogP contribution in [-0.2, 0) is 10.0 Å². The highest BCUT2D eigenvalue weighted by Gasteiger charge is 2.29. The summed E-state index contributed by atoms with van der Waals surface area (Å²) in [6, 6.07) is 6.57. The van der Waals surface area contributed by atoms with Gasteiger partial charge in [0.2, 0.25) is 10.0 Å². The van der Waals surface area contributed by atoms with Crippen LogP contribution in [0.1, 0.15) is 12.8 Å². The van der Waals surface area contributed by atoms with E-state index in [0.29, 0.717) is 0 Å². The molecule has 94 valence electrons. The van der Waals surface area contributed by atoms with E-state index in [9.17, 15) is 12.8 Å². The molecule has 1 heterocycles. The van der Waals surface area contributed by atoms with Crippen molar-refractivity contribution in [2.45, 2.75) is 23.9 Å². The quantitative estimate of drug-likeness (QED) is 0.839. The summed E-state index contributed by atoms with van der Waals surface area (Å²) in [5.74, 6) is 0. The SMILES string of the molecule is O=S(=O)(c1cccc(Br)c1)N1CCC(F)CC1. The summed E-state index contributed by atoms with van der Waals surface area (Å²) in [5.41, 5.74) is 0. The first-order valence-corrected chi connectivity index (χ1v) is 7.63. The minimum absolute atomic E-state index is 0.254. The average molecular weight is 322 g/mol. The third kappa shape index (κ3) is 2.86. The van der Waals surface area contributed by atoms with E-state index in [1.54, 1.807) is 24.3 Å². The van der Waals surface area contributed by atoms with Crippen LogP contribution in [0.25, 0.3) is 0 Å². The summed E-state index contributed by atoms with van der Waals surface area (Å²) in [6.45, 7) is 0.520. The van der Waals surface area contributed by atoms with Crippen molar-refractivity contribution >= 4 is 26.0 Å². The van der Waals surface area contributed by atoms with Gasteiger partial charge in [-0.15, -0.1) is 0 Å². The first kappa shape index (κ1) is 13.0. The standard InChI is InChI=1S/C11H13BrFNO2S/c12-9-2-1-3-11(8-9)17(15,16)14-6-4-10(13)5-7-14/h1-3,8,10H,4-7H2. The molecule has 0 aromatic heterocycles. The van der Waals surface area contributed by atoms with Gasteiger partial charge in [-0.25, -0.2) is 12.8 Å². The molecular weight excluding hydrogens is 309 g/mol. The predicted octanol–water partition coefficient (Wildman–Crippen LogP) is 2.57. The Kier molecular flexibility index (Phi) is 3.85. The Bertz CT molecular complexity index is 498. The molecule has 0 unspecified atom stereocenters. The average Bonchev–Trinajstić information content (AvgIpc) is 2.29. The summed E-state index contributed by atoms with van der Waals surface area (Å²) < 4.78 is 39.5. The lowest BCUT2D eigenvalue weighted by Crippen LogP contribution is -2.38. The Morgan fingerprint density at radius 3 is 2.53 bits per heavy atom. The van der Waals surface area contributed by atoms with E-state index in [1.165, 1.54) is 4.31 Å². The molecule has 1 aromatic carbocycles. The van der Waals surface area contributed by atoms with Gasteiger partial charge in [0.1, 0.15) is 6.17 Å². The fraction of sp³-hybridized carbons (Fsp3) is 0.455. The van der Waals surface area contributed by atoms with E-state index in [4.69, 9.17) is 0 Å². The minimum Gasteiger partial charge on any atom is -0.247 e. The molecule has 0 N–H and O–H groups in total. The Morgan fingerprint density at radius 2 is 1.94 bits per heavy atom. The number of piperidine rings is 1. The van der Waals surface area contributed by atoms with Gasteiger partial charge >= 0.3 is 0 Å². The molecule has 17 heavy (non-hydrogen) atoms. The maximum absolute atomic E-state index is 13.0. The summed E-state index contributed by atoms with van der Waals surface area (Å²) >= 11 is 3.25. The normalized spacial score (nSPS) is 19.4. The molecule has 1 saturated heterocycles. The van der Waals surface area contributed by atoms with Gasteiger partial charge in [-0.2, -0.15) is 4.31 Å². The van der Waals surface area contributed by atoms with Crippen LogP contribution in [0, 0.1) is 0 Å². The Morgan fingerprint density at radius 1 is 1.29 bits per heavy atom. The highest BCUT2D eigenvalue weighted by molar-refractivity contribution is 9.10. The Labute approximate surface area is 109 Å². The first-order chi connectivity index (χ1) is 8.00. The fourth-order valence-corrected chi connectivity index (χ4v) is 3.91. The van der Waals surface area contributed by atoms with Crippen molar-refractivity contribution in [1.29, 1.82) is 0 Å². The molecule has 0 amide bonds. The van der Waals surface area contributed by atoms with Gasteiger partial charge < -0.3 is 0 Å². The molecule has 6 heteroatoms. The van der Waals surface area contributed by atoms with Gasteiger partial charge in [-0.3, -0.25) is 0 Å². The number of nitrogens with zero attached hydrogens (tertiary/aromatic N) is 1. The molecule has 1 aromatic rings. The largest absolute Gasteiger partial charge is 0.247 e. The predicted molar refractivity (Wildman–Crippen MR) is 67.0 cm³/mol. The molecular formula is C11H13BrFNO2S. The second-order valence-corrected chi connectivity index (χ2v) is 6.89. The van der Waals surface area contributed by atoms with Crippen molar-refractivity contribution in [3.05, 3.63) is 28.7 Å². The zero-order chi connectivity index (χ0) is 12.5. The van der Waals surface area contributed by atoms with Crippen LogP contribution in [0.15, 0.2) is 33.6 Å². The van der Waals surface area contributed by atoms with E-state index < -0.39 is 16.2 Å². The molecule has 2 rings (SSSR count). The molecule has 1 fully saturated rings. The van der Waals surface area contributed by atoms with Gasteiger partial charge in [0.05, 0.1) is 4.90 Å². The van der Waals surface area contributed by atoms with Gasteiger partial charge in [-0.1, -0.05) is 22.0 Å². The lowest BCUT2D eigenvalue weighted by molar-refractivity contribution is 0.210. The maximum Gasteiger partial charge on any atom is 0.243 e. The molecule has 0 bridgehead atoms. The highest BCUT2D eigenvalue weighted by Crippen LogP contribution is 2.23. The van der Waals surface area contributed by atoms with Gasteiger partial charge in [0.25, 0.3) is 0 Å². The van der Waals surface area contributed by atoms with Crippen LogP contribution in [-0.4, -0.2) is 32.0 Å². The smallest absolute Gasteiger partial charge is 0.243 e. The Hall–Kier alpha value is -0.460. The molecule has 0 radical (unpaired) electrons. The van der Waals surface area contributed by atoms with Crippen molar-refractivity contribution in [3.63, 3.8) is 0 Å². The van der Waals surface area contributed by atoms with Gasteiger partial charge in [-0.05, 0) is 31.0 Å². The minimum atomic E-state index is -3.47. The zero-order valence-electron chi connectivity index (χ0n) is 9.14. The monoisotopic (exact) mass is 321 g/mol. The molecule has 0 atom stereocenters. The molecule has 1 aliphatic rings. The lowest BCUT2D eigenvalue weighted by Gasteiger charge is -2.27. The van der Waals surface area contributed by atoms with E-state index in [0.717, 1.165) is 4.47 Å². The fourth-order valence-electron chi connectivity index (χ4n) is 1.84. The number of hydrogen-bond acceptors (Lipinski definition) is 2. The molecule has 3 nitrogen and oxygen atoms in total. The number of benzene rings is 1. The van der Waals surface area contributed by atoms with Gasteiger partial charge in [0, 0.05) is 17.6 Å². The van der Waals surface area contributed by atoms with Gasteiger partial charge in [0.15, 0.2) is 0 Å². The highest BCUT2D eigenvalue weighted by atomic mass is 79.9. The molecule has 0 saturated carbocycles. The number of hydrogen-bond donors (Lipinski definition) is 0. The van der Waals surface area contributed by atoms with E-state index in [1.807, 2.05) is 0 Å². The van der Waals surface area contributed by atoms with E-state index in [2.05, 4.69) is 15.9 Å². The third-order valence-electron chi connectivity index (χ3n) is 2.82. The zero-order valence-corrected chi connectivity index (χ0v) is 11.5. The Balaban J connectivity index is 2.25. The third-order valence-corrected chi connectivity index (χ3v) is 5.21. The van der Waals surface area contributed by atoms with Crippen LogP contribution >= 0.6 is 15.9 Å². The summed E-state index contributed by atoms with van der Waals surface area (Å²) in [7, 11) is -3.47. The second-order valence-electron chi connectivity index (χ2n) is 4.04. The van der Waals surface area contributed by atoms with Crippen LogP contribution in [0.2, 0.25) is 0 Å². The topological polar surface area (TPSA) is 37.4 Å². The molecule has 0 aliphatic carbocycles. The van der Waals surface area contributed by atoms with Crippen molar-refractivity contribution in [3.8, 4) is 0 Å². The second kappa shape index (κ2) is 5.04. The van der Waals surface area contributed by atoms with Crippen LogP contribution in [0.3, 0.4) is 0 Å².